The first-order valence-corrected chi connectivity index (χ1v) is 11.7. The van der Waals surface area contributed by atoms with Gasteiger partial charge in [-0.05, 0) is 32.1 Å². The Morgan fingerprint density at radius 1 is 1.29 bits per heavy atom. The number of hydrogen-bond acceptors (Lipinski definition) is 8. The smallest absolute Gasteiger partial charge is 0.306 e. The van der Waals surface area contributed by atoms with E-state index in [9.17, 15) is 18.9 Å². The summed E-state index contributed by atoms with van der Waals surface area (Å²) in [5.74, 6) is -1.49. The van der Waals surface area contributed by atoms with E-state index in [1.54, 1.807) is 13.8 Å². The molecule has 174 valence electrons. The van der Waals surface area contributed by atoms with Gasteiger partial charge in [-0.1, -0.05) is 26.8 Å². The van der Waals surface area contributed by atoms with Crippen LogP contribution in [-0.4, -0.2) is 56.2 Å². The Morgan fingerprint density at radius 3 is 2.52 bits per heavy atom. The van der Waals surface area contributed by atoms with Gasteiger partial charge >= 0.3 is 17.3 Å². The molecule has 0 aromatic rings. The van der Waals surface area contributed by atoms with Crippen molar-refractivity contribution in [2.45, 2.75) is 95.9 Å². The van der Waals surface area contributed by atoms with Crippen molar-refractivity contribution >= 4 is 23.1 Å². The predicted molar refractivity (Wildman–Crippen MR) is 111 cm³/mol. The van der Waals surface area contributed by atoms with Gasteiger partial charge in [-0.25, -0.2) is 4.18 Å². The third-order valence-electron chi connectivity index (χ3n) is 8.32. The number of carbonyl (C=O) groups excluding carboxylic acids is 2. The highest BCUT2D eigenvalue weighted by Crippen LogP contribution is 2.70. The van der Waals surface area contributed by atoms with Gasteiger partial charge < -0.3 is 14.6 Å². The van der Waals surface area contributed by atoms with Gasteiger partial charge in [-0.15, -0.1) is 6.58 Å². The first-order valence-electron chi connectivity index (χ1n) is 10.7. The largest absolute Gasteiger partial charge is 0.457 e. The molecule has 4 fully saturated rings. The molecule has 8 nitrogen and oxygen atoms in total. The maximum absolute atomic E-state index is 14.0. The number of hydrogen-bond donors (Lipinski definition) is 1. The number of rotatable bonds is 2. The molecule has 9 atom stereocenters. The summed E-state index contributed by atoms with van der Waals surface area (Å²) in [6, 6.07) is 0. The Kier molecular flexibility index (Phi) is 4.98. The van der Waals surface area contributed by atoms with Crippen LogP contribution in [0.4, 0.5) is 0 Å². The first-order chi connectivity index (χ1) is 14.2. The van der Waals surface area contributed by atoms with Crippen LogP contribution in [0.2, 0.25) is 0 Å². The van der Waals surface area contributed by atoms with Crippen molar-refractivity contribution in [2.75, 3.05) is 0 Å². The molecule has 1 spiro atoms. The maximum Gasteiger partial charge on any atom is 0.306 e. The molecule has 1 N–H and O–H groups in total. The summed E-state index contributed by atoms with van der Waals surface area (Å²) in [5.41, 5.74) is -5.98. The molecule has 0 bridgehead atoms. The Balaban J connectivity index is 2.05. The lowest BCUT2D eigenvalue weighted by Gasteiger charge is -2.73. The molecule has 0 aromatic carbocycles. The standard InChI is InChI=1S/C22H32O8S/c1-8-19(5)11-13(24)22-20(6)14(28-31(26)30-22)9-10-18(3,4)16(20)15(25)17(27-12(2)23)21(22,7)29-19/h8,14-17,25H,1,9-11H2,2-7H3/t14-,15-,16-,17-,19-,20-,21+,22-,31?/m0/s1. The van der Waals surface area contributed by atoms with Gasteiger partial charge in [0.2, 0.25) is 0 Å². The van der Waals surface area contributed by atoms with Crippen molar-refractivity contribution < 1.29 is 36.7 Å². The summed E-state index contributed by atoms with van der Waals surface area (Å²) in [5, 5.41) is 11.7. The van der Waals surface area contributed by atoms with Gasteiger partial charge in [0.15, 0.2) is 17.5 Å². The number of ketones is 1. The molecule has 0 aromatic heterocycles. The second-order valence-corrected chi connectivity index (χ2v) is 11.5. The molecule has 1 unspecified atom stereocenters. The molecule has 0 amide bonds. The van der Waals surface area contributed by atoms with Crippen molar-refractivity contribution in [2.24, 2.45) is 16.7 Å². The Bertz CT molecular complexity index is 872. The van der Waals surface area contributed by atoms with Crippen molar-refractivity contribution in [1.82, 2.24) is 0 Å². The van der Waals surface area contributed by atoms with Crippen LogP contribution < -0.4 is 0 Å². The fourth-order valence-electron chi connectivity index (χ4n) is 7.20. The van der Waals surface area contributed by atoms with E-state index >= 15 is 0 Å². The lowest BCUT2D eigenvalue weighted by atomic mass is 9.39. The zero-order valence-electron chi connectivity index (χ0n) is 18.9. The number of Topliss-reactive ketones (excluding diaryl/α,β-unsaturated/α-hetero) is 1. The molecule has 2 heterocycles. The number of esters is 1. The monoisotopic (exact) mass is 456 g/mol. The van der Waals surface area contributed by atoms with E-state index in [4.69, 9.17) is 17.8 Å². The van der Waals surface area contributed by atoms with E-state index in [0.717, 1.165) is 0 Å². The molecular weight excluding hydrogens is 424 g/mol. The van der Waals surface area contributed by atoms with E-state index in [1.165, 1.54) is 13.0 Å². The average molecular weight is 457 g/mol. The fraction of sp³-hybridized carbons (Fsp3) is 0.818. The number of aliphatic hydroxyl groups is 1. The summed E-state index contributed by atoms with van der Waals surface area (Å²) >= 11 is -2.21. The molecule has 9 heteroatoms. The zero-order valence-corrected chi connectivity index (χ0v) is 19.7. The molecule has 4 aliphatic rings. The van der Waals surface area contributed by atoms with Gasteiger partial charge in [0, 0.05) is 24.7 Å². The quantitative estimate of drug-likeness (QED) is 0.497. The highest BCUT2D eigenvalue weighted by molar-refractivity contribution is 7.75. The minimum Gasteiger partial charge on any atom is -0.457 e. The Hall–Kier alpha value is -1.13. The van der Waals surface area contributed by atoms with Crippen LogP contribution in [0.25, 0.3) is 0 Å². The van der Waals surface area contributed by atoms with Crippen LogP contribution >= 0.6 is 0 Å². The number of aliphatic hydroxyl groups excluding tert-OH is 1. The van der Waals surface area contributed by atoms with Crippen LogP contribution in [0.3, 0.4) is 0 Å². The van der Waals surface area contributed by atoms with Crippen molar-refractivity contribution in [3.05, 3.63) is 12.7 Å². The number of ether oxygens (including phenoxy) is 2. The lowest BCUT2D eigenvalue weighted by molar-refractivity contribution is -0.369. The molecule has 31 heavy (non-hydrogen) atoms. The molecular formula is C22H32O8S. The van der Waals surface area contributed by atoms with Crippen LogP contribution in [0.5, 0.6) is 0 Å². The van der Waals surface area contributed by atoms with Gasteiger partial charge in [-0.3, -0.25) is 13.8 Å². The van der Waals surface area contributed by atoms with Gasteiger partial charge in [-0.2, -0.15) is 4.21 Å². The van der Waals surface area contributed by atoms with Crippen LogP contribution in [-0.2, 0) is 38.8 Å². The first kappa shape index (κ1) is 23.0. The summed E-state index contributed by atoms with van der Waals surface area (Å²) in [4.78, 5) is 26.1. The zero-order chi connectivity index (χ0) is 23.2. The van der Waals surface area contributed by atoms with E-state index in [0.29, 0.717) is 12.8 Å². The van der Waals surface area contributed by atoms with E-state index in [1.807, 2.05) is 20.8 Å². The maximum atomic E-state index is 14.0. The Labute approximate surface area is 185 Å². The highest BCUT2D eigenvalue weighted by atomic mass is 32.2. The average Bonchev–Trinajstić information content (AvgIpc) is 2.63. The van der Waals surface area contributed by atoms with Gasteiger partial charge in [0.05, 0.1) is 17.8 Å². The van der Waals surface area contributed by atoms with E-state index < -0.39 is 69.2 Å². The van der Waals surface area contributed by atoms with Crippen LogP contribution in [0.1, 0.15) is 60.8 Å². The second kappa shape index (κ2) is 6.70. The minimum absolute atomic E-state index is 0.0539. The second-order valence-electron chi connectivity index (χ2n) is 10.7. The third kappa shape index (κ3) is 2.70. The number of carbonyl (C=O) groups is 2. The van der Waals surface area contributed by atoms with Crippen LogP contribution in [0.15, 0.2) is 12.7 Å². The normalized spacial score (nSPS) is 53.1. The Morgan fingerprint density at radius 2 is 1.94 bits per heavy atom. The van der Waals surface area contributed by atoms with Gasteiger partial charge in [0.25, 0.3) is 0 Å². The lowest BCUT2D eigenvalue weighted by Crippen LogP contribution is -2.88. The molecule has 2 saturated carbocycles. The predicted octanol–water partition coefficient (Wildman–Crippen LogP) is 2.16. The topological polar surface area (TPSA) is 108 Å². The van der Waals surface area contributed by atoms with Crippen molar-refractivity contribution in [1.29, 1.82) is 0 Å². The highest BCUT2D eigenvalue weighted by Gasteiger charge is 2.84. The van der Waals surface area contributed by atoms with Gasteiger partial charge in [0.1, 0.15) is 5.60 Å². The molecule has 2 aliphatic heterocycles. The minimum atomic E-state index is -2.21. The summed E-state index contributed by atoms with van der Waals surface area (Å²) in [6.45, 7) is 14.2. The SMILES string of the molecule is C=C[C@@]1(C)CC(=O)[C@@]23OS(=O)O[C@H]4CCC(C)(C)[C@H]([C@H](O)[C@H](OC(C)=O)[C@@]2(C)O1)[C@]43C. The molecule has 0 radical (unpaired) electrons. The molecule has 4 rings (SSSR count). The van der Waals surface area contributed by atoms with Crippen LogP contribution in [0, 0.1) is 16.7 Å². The summed E-state index contributed by atoms with van der Waals surface area (Å²) in [7, 11) is 0. The van der Waals surface area contributed by atoms with Crippen molar-refractivity contribution in [3.8, 4) is 0 Å². The van der Waals surface area contributed by atoms with E-state index in [2.05, 4.69) is 6.58 Å². The fourth-order valence-corrected chi connectivity index (χ4v) is 8.37. The van der Waals surface area contributed by atoms with Crippen molar-refractivity contribution in [3.63, 3.8) is 0 Å². The van der Waals surface area contributed by atoms with E-state index in [-0.39, 0.29) is 12.2 Å². The molecule has 2 aliphatic carbocycles. The third-order valence-corrected chi connectivity index (χ3v) is 9.10. The molecule has 2 saturated heterocycles. The summed E-state index contributed by atoms with van der Waals surface area (Å²) in [6.07, 6.45) is -0.305. The summed E-state index contributed by atoms with van der Waals surface area (Å²) < 4.78 is 36.6.